The first-order chi connectivity index (χ1) is 6.58. The maximum Gasteiger partial charge on any atom is 0.228 e. The molecule has 5 nitrogen and oxygen atoms in total. The van der Waals surface area contributed by atoms with E-state index in [4.69, 9.17) is 11.5 Å². The summed E-state index contributed by atoms with van der Waals surface area (Å²) in [6, 6.07) is 0.165. The Morgan fingerprint density at radius 2 is 1.86 bits per heavy atom. The molecule has 0 spiro atoms. The molecule has 2 aliphatic heterocycles. The molecular weight excluding hydrogens is 180 g/mol. The smallest absolute Gasteiger partial charge is 0.228 e. The van der Waals surface area contributed by atoms with E-state index < -0.39 is 0 Å². The molecule has 0 radical (unpaired) electrons. The topological polar surface area (TPSA) is 75.6 Å². The van der Waals surface area contributed by atoms with Crippen LogP contribution < -0.4 is 11.5 Å². The lowest BCUT2D eigenvalue weighted by Gasteiger charge is -2.38. The van der Waals surface area contributed by atoms with Gasteiger partial charge in [-0.2, -0.15) is 0 Å². The molecule has 14 heavy (non-hydrogen) atoms. The van der Waals surface area contributed by atoms with Crippen molar-refractivity contribution in [2.24, 2.45) is 17.4 Å². The molecule has 2 rings (SSSR count). The molecule has 2 saturated heterocycles. The zero-order chi connectivity index (χ0) is 10.3. The van der Waals surface area contributed by atoms with Crippen molar-refractivity contribution in [2.75, 3.05) is 33.2 Å². The van der Waals surface area contributed by atoms with E-state index in [1.165, 1.54) is 0 Å². The molecule has 0 aromatic carbocycles. The Balaban J connectivity index is 1.92. The van der Waals surface area contributed by atoms with Crippen LogP contribution in [0.5, 0.6) is 0 Å². The van der Waals surface area contributed by atoms with Crippen LogP contribution in [0.4, 0.5) is 0 Å². The summed E-state index contributed by atoms with van der Waals surface area (Å²) in [6.07, 6.45) is 0. The highest BCUT2D eigenvalue weighted by molar-refractivity contribution is 5.81. The van der Waals surface area contributed by atoms with Gasteiger partial charge in [-0.05, 0) is 7.05 Å². The fourth-order valence-corrected chi connectivity index (χ4v) is 2.22. The molecule has 0 aromatic rings. The second-order valence-corrected chi connectivity index (χ2v) is 4.49. The van der Waals surface area contributed by atoms with Crippen molar-refractivity contribution in [3.05, 3.63) is 0 Å². The van der Waals surface area contributed by atoms with Gasteiger partial charge in [-0.3, -0.25) is 4.79 Å². The van der Waals surface area contributed by atoms with Crippen LogP contribution in [0.15, 0.2) is 0 Å². The molecule has 0 unspecified atom stereocenters. The number of nitrogens with zero attached hydrogens (tertiary/aromatic N) is 2. The van der Waals surface area contributed by atoms with Crippen LogP contribution in [0, 0.1) is 5.92 Å². The molecule has 2 aliphatic rings. The Morgan fingerprint density at radius 1 is 1.21 bits per heavy atom. The number of hydrogen-bond donors (Lipinski definition) is 2. The van der Waals surface area contributed by atoms with Crippen molar-refractivity contribution in [1.29, 1.82) is 0 Å². The quantitative estimate of drug-likeness (QED) is 0.513. The summed E-state index contributed by atoms with van der Waals surface area (Å²) in [5.41, 5.74) is 11.5. The first kappa shape index (κ1) is 9.89. The summed E-state index contributed by atoms with van der Waals surface area (Å²) in [5.74, 6) is 0.163. The summed E-state index contributed by atoms with van der Waals surface area (Å²) in [7, 11) is 2.00. The van der Waals surface area contributed by atoms with Gasteiger partial charge in [0, 0.05) is 38.3 Å². The van der Waals surface area contributed by atoms with E-state index in [9.17, 15) is 4.79 Å². The molecule has 4 N–H and O–H groups in total. The van der Waals surface area contributed by atoms with Crippen LogP contribution in [0.3, 0.4) is 0 Å². The highest BCUT2D eigenvalue weighted by atomic mass is 16.2. The van der Waals surface area contributed by atoms with E-state index in [1.807, 2.05) is 11.9 Å². The molecule has 1 amide bonds. The fourth-order valence-electron chi connectivity index (χ4n) is 2.22. The lowest BCUT2D eigenvalue weighted by Crippen LogP contribution is -2.60. The van der Waals surface area contributed by atoms with Gasteiger partial charge in [0.1, 0.15) is 0 Å². The lowest BCUT2D eigenvalue weighted by molar-refractivity contribution is -0.139. The predicted molar refractivity (Wildman–Crippen MR) is 53.5 cm³/mol. The molecule has 80 valence electrons. The third-order valence-electron chi connectivity index (χ3n) is 3.09. The van der Waals surface area contributed by atoms with Crippen LogP contribution in [0.1, 0.15) is 0 Å². The van der Waals surface area contributed by atoms with Crippen LogP contribution in [-0.4, -0.2) is 61.0 Å². The van der Waals surface area contributed by atoms with Crippen molar-refractivity contribution in [2.45, 2.75) is 12.1 Å². The molecule has 2 heterocycles. The van der Waals surface area contributed by atoms with Crippen LogP contribution in [0.25, 0.3) is 0 Å². The highest BCUT2D eigenvalue weighted by Crippen LogP contribution is 2.19. The fraction of sp³-hybridized carbons (Fsp3) is 0.889. The Labute approximate surface area is 84.0 Å². The molecule has 0 aromatic heterocycles. The van der Waals surface area contributed by atoms with Gasteiger partial charge in [0.15, 0.2) is 0 Å². The Kier molecular flexibility index (Phi) is 2.47. The number of nitrogens with two attached hydrogens (primary N) is 2. The predicted octanol–water partition coefficient (Wildman–Crippen LogP) is -1.96. The molecule has 0 bridgehead atoms. The van der Waals surface area contributed by atoms with Crippen LogP contribution in [-0.2, 0) is 4.79 Å². The van der Waals surface area contributed by atoms with Crippen LogP contribution in [0.2, 0.25) is 0 Å². The van der Waals surface area contributed by atoms with Gasteiger partial charge >= 0.3 is 0 Å². The van der Waals surface area contributed by atoms with Gasteiger partial charge in [0.25, 0.3) is 0 Å². The van der Waals surface area contributed by atoms with Crippen molar-refractivity contribution in [3.8, 4) is 0 Å². The SMILES string of the molecule is CN1C[C@H](N)[C@H](C(=O)N2CC(N)C2)C1. The minimum atomic E-state index is -0.0208. The van der Waals surface area contributed by atoms with Gasteiger partial charge in [-0.25, -0.2) is 0 Å². The number of rotatable bonds is 1. The van der Waals surface area contributed by atoms with Gasteiger partial charge < -0.3 is 21.3 Å². The van der Waals surface area contributed by atoms with Crippen molar-refractivity contribution in [3.63, 3.8) is 0 Å². The normalized spacial score (nSPS) is 34.6. The number of carbonyl (C=O) groups is 1. The van der Waals surface area contributed by atoms with Crippen molar-refractivity contribution >= 4 is 5.91 Å². The largest absolute Gasteiger partial charge is 0.339 e. The summed E-state index contributed by atoms with van der Waals surface area (Å²) in [6.45, 7) is 3.00. The summed E-state index contributed by atoms with van der Waals surface area (Å²) < 4.78 is 0. The minimum Gasteiger partial charge on any atom is -0.339 e. The second-order valence-electron chi connectivity index (χ2n) is 4.49. The average Bonchev–Trinajstić information content (AvgIpc) is 2.39. The number of carbonyl (C=O) groups excluding carboxylic acids is 1. The number of amides is 1. The molecule has 0 saturated carbocycles. The summed E-state index contributed by atoms with van der Waals surface area (Å²) >= 11 is 0. The lowest BCUT2D eigenvalue weighted by atomic mass is 9.99. The van der Waals surface area contributed by atoms with Gasteiger partial charge in [-0.15, -0.1) is 0 Å². The van der Waals surface area contributed by atoms with Gasteiger partial charge in [0.2, 0.25) is 5.91 Å². The van der Waals surface area contributed by atoms with Crippen molar-refractivity contribution in [1.82, 2.24) is 9.80 Å². The maximum atomic E-state index is 11.9. The zero-order valence-electron chi connectivity index (χ0n) is 8.52. The minimum absolute atomic E-state index is 0.00988. The number of likely N-dealkylation sites (tertiary alicyclic amines) is 2. The first-order valence-electron chi connectivity index (χ1n) is 5.06. The van der Waals surface area contributed by atoms with Gasteiger partial charge in [-0.1, -0.05) is 0 Å². The Bertz CT molecular complexity index is 239. The van der Waals surface area contributed by atoms with E-state index in [0.717, 1.165) is 13.1 Å². The van der Waals surface area contributed by atoms with E-state index in [2.05, 4.69) is 4.90 Å². The van der Waals surface area contributed by atoms with Crippen molar-refractivity contribution < 1.29 is 4.79 Å². The molecule has 2 fully saturated rings. The number of hydrogen-bond acceptors (Lipinski definition) is 4. The third-order valence-corrected chi connectivity index (χ3v) is 3.09. The number of likely N-dealkylation sites (N-methyl/N-ethyl adjacent to an activating group) is 1. The first-order valence-corrected chi connectivity index (χ1v) is 5.06. The third kappa shape index (κ3) is 1.63. The summed E-state index contributed by atoms with van der Waals surface area (Å²) in [5, 5.41) is 0. The molecular formula is C9H18N4O. The Hall–Kier alpha value is -0.650. The summed E-state index contributed by atoms with van der Waals surface area (Å²) in [4.78, 5) is 15.8. The standard InChI is InChI=1S/C9H18N4O/c1-12-4-7(8(11)5-12)9(14)13-2-6(10)3-13/h6-8H,2-5,10-11H2,1H3/t7-,8+/m1/s1. The zero-order valence-corrected chi connectivity index (χ0v) is 8.52. The van der Waals surface area contributed by atoms with Crippen LogP contribution >= 0.6 is 0 Å². The molecule has 2 atom stereocenters. The molecule has 5 heteroatoms. The average molecular weight is 198 g/mol. The maximum absolute atomic E-state index is 11.9. The van der Waals surface area contributed by atoms with E-state index in [0.29, 0.717) is 13.1 Å². The highest BCUT2D eigenvalue weighted by Gasteiger charge is 2.39. The van der Waals surface area contributed by atoms with E-state index in [-0.39, 0.29) is 23.9 Å². The van der Waals surface area contributed by atoms with E-state index in [1.54, 1.807) is 0 Å². The Morgan fingerprint density at radius 3 is 2.29 bits per heavy atom. The second kappa shape index (κ2) is 3.49. The van der Waals surface area contributed by atoms with Gasteiger partial charge in [0.05, 0.1) is 5.92 Å². The molecule has 0 aliphatic carbocycles. The van der Waals surface area contributed by atoms with E-state index >= 15 is 0 Å². The monoisotopic (exact) mass is 198 g/mol.